The molecule has 0 amide bonds. The molecule has 0 unspecified atom stereocenters. The van der Waals surface area contributed by atoms with Gasteiger partial charge in [0.05, 0.1) is 10.6 Å². The largest absolute Gasteiger partial charge is 0.385 e. The predicted molar refractivity (Wildman–Crippen MR) is 152 cm³/mol. The normalized spacial score (nSPS) is 14.8. The Hall–Kier alpha value is -3.79. The van der Waals surface area contributed by atoms with Gasteiger partial charge in [0, 0.05) is 55.9 Å². The predicted octanol–water partition coefficient (Wildman–Crippen LogP) is 4.48. The number of nitrogens with one attached hydrogen (secondary N) is 2. The lowest BCUT2D eigenvalue weighted by Gasteiger charge is -2.31. The van der Waals surface area contributed by atoms with Crippen LogP contribution in [0.2, 0.25) is 0 Å². The molecule has 38 heavy (non-hydrogen) atoms. The summed E-state index contributed by atoms with van der Waals surface area (Å²) >= 11 is 0. The summed E-state index contributed by atoms with van der Waals surface area (Å²) in [6.45, 7) is 3.34. The molecule has 0 radical (unpaired) electrons. The van der Waals surface area contributed by atoms with Crippen molar-refractivity contribution in [2.24, 2.45) is 0 Å². The van der Waals surface area contributed by atoms with Crippen LogP contribution in [0.15, 0.2) is 96.0 Å². The van der Waals surface area contributed by atoms with E-state index >= 15 is 0 Å². The first kappa shape index (κ1) is 25.8. The van der Waals surface area contributed by atoms with Gasteiger partial charge in [0.1, 0.15) is 0 Å². The molecule has 0 saturated carbocycles. The van der Waals surface area contributed by atoms with Crippen LogP contribution in [-0.2, 0) is 16.4 Å². The van der Waals surface area contributed by atoms with Gasteiger partial charge in [-0.05, 0) is 61.5 Å². The van der Waals surface area contributed by atoms with Crippen LogP contribution in [-0.4, -0.2) is 67.4 Å². The Bertz CT molecular complexity index is 1440. The number of rotatable bonds is 9. The molecule has 5 rings (SSSR count). The van der Waals surface area contributed by atoms with Crippen molar-refractivity contribution >= 4 is 27.3 Å². The first-order valence-corrected chi connectivity index (χ1v) is 14.2. The van der Waals surface area contributed by atoms with Gasteiger partial charge < -0.3 is 15.5 Å². The molecular formula is C29H32N6O2S. The highest BCUT2D eigenvalue weighted by Crippen LogP contribution is 2.23. The van der Waals surface area contributed by atoms with E-state index < -0.39 is 10.0 Å². The van der Waals surface area contributed by atoms with Crippen LogP contribution >= 0.6 is 0 Å². The zero-order valence-corrected chi connectivity index (χ0v) is 22.2. The Morgan fingerprint density at radius 3 is 2.21 bits per heavy atom. The number of aromatic nitrogens is 2. The fraction of sp³-hybridized carbons (Fsp3) is 0.241. The number of piperazine rings is 1. The van der Waals surface area contributed by atoms with Crippen LogP contribution in [0.25, 0.3) is 11.3 Å². The number of hydrogen-bond donors (Lipinski definition) is 2. The molecule has 1 aliphatic heterocycles. The molecule has 2 N–H and O–H groups in total. The van der Waals surface area contributed by atoms with Gasteiger partial charge in [0.15, 0.2) is 0 Å². The van der Waals surface area contributed by atoms with Gasteiger partial charge in [0.2, 0.25) is 16.0 Å². The molecule has 1 aliphatic rings. The van der Waals surface area contributed by atoms with Gasteiger partial charge in [-0.15, -0.1) is 0 Å². The first-order valence-electron chi connectivity index (χ1n) is 12.7. The lowest BCUT2D eigenvalue weighted by Crippen LogP contribution is -2.46. The van der Waals surface area contributed by atoms with Crippen LogP contribution in [0.4, 0.5) is 17.3 Å². The number of sulfonamides is 1. The number of anilines is 3. The van der Waals surface area contributed by atoms with Crippen LogP contribution < -0.4 is 10.6 Å². The van der Waals surface area contributed by atoms with E-state index in [0.29, 0.717) is 23.9 Å². The standard InChI is InChI=1S/C29H32N6O2S/c1-34-19-21-35(22-20-34)38(36,37)27-13-11-26(12-14-27)32-29-31-18-16-28(33-29)24-7-9-25(10-8-24)30-17-15-23-5-3-2-4-6-23/h2-14,16,18,30H,15,17,19-22H2,1H3,(H,31,32,33). The Morgan fingerprint density at radius 1 is 0.816 bits per heavy atom. The molecule has 0 spiro atoms. The molecule has 0 atom stereocenters. The monoisotopic (exact) mass is 528 g/mol. The molecular weight excluding hydrogens is 496 g/mol. The summed E-state index contributed by atoms with van der Waals surface area (Å²) in [6, 6.07) is 27.2. The van der Waals surface area contributed by atoms with Crippen molar-refractivity contribution in [1.82, 2.24) is 19.2 Å². The van der Waals surface area contributed by atoms with Crippen molar-refractivity contribution in [2.75, 3.05) is 50.4 Å². The van der Waals surface area contributed by atoms with E-state index in [1.54, 1.807) is 34.8 Å². The smallest absolute Gasteiger partial charge is 0.243 e. The number of nitrogens with zero attached hydrogens (tertiary/aromatic N) is 4. The highest BCUT2D eigenvalue weighted by Gasteiger charge is 2.27. The topological polar surface area (TPSA) is 90.5 Å². The van der Waals surface area contributed by atoms with Gasteiger partial charge in [-0.3, -0.25) is 0 Å². The maximum absolute atomic E-state index is 13.0. The summed E-state index contributed by atoms with van der Waals surface area (Å²) < 4.78 is 27.5. The minimum atomic E-state index is -3.50. The van der Waals surface area contributed by atoms with Gasteiger partial charge in [0.25, 0.3) is 0 Å². The second-order valence-electron chi connectivity index (χ2n) is 9.36. The lowest BCUT2D eigenvalue weighted by molar-refractivity contribution is 0.222. The second-order valence-corrected chi connectivity index (χ2v) is 11.3. The molecule has 0 aliphatic carbocycles. The minimum absolute atomic E-state index is 0.291. The van der Waals surface area contributed by atoms with Gasteiger partial charge in [-0.1, -0.05) is 42.5 Å². The van der Waals surface area contributed by atoms with Crippen molar-refractivity contribution < 1.29 is 8.42 Å². The van der Waals surface area contributed by atoms with Crippen LogP contribution in [0.5, 0.6) is 0 Å². The third-order valence-electron chi connectivity index (χ3n) is 6.63. The summed E-state index contributed by atoms with van der Waals surface area (Å²) in [5.41, 5.74) is 4.87. The fourth-order valence-electron chi connectivity index (χ4n) is 4.35. The molecule has 9 heteroatoms. The van der Waals surface area contributed by atoms with E-state index in [9.17, 15) is 8.42 Å². The van der Waals surface area contributed by atoms with Crippen LogP contribution in [0, 0.1) is 0 Å². The van der Waals surface area contributed by atoms with E-state index in [0.717, 1.165) is 48.7 Å². The Morgan fingerprint density at radius 2 is 1.50 bits per heavy atom. The second kappa shape index (κ2) is 11.7. The summed E-state index contributed by atoms with van der Waals surface area (Å²) in [5, 5.41) is 6.64. The lowest BCUT2D eigenvalue weighted by atomic mass is 10.1. The molecule has 1 saturated heterocycles. The summed E-state index contributed by atoms with van der Waals surface area (Å²) in [5.74, 6) is 0.447. The maximum atomic E-state index is 13.0. The zero-order chi connectivity index (χ0) is 26.4. The SMILES string of the molecule is CN1CCN(S(=O)(=O)c2ccc(Nc3nccc(-c4ccc(NCCc5ccccc5)cc4)n3)cc2)CC1. The molecule has 4 aromatic rings. The number of benzene rings is 3. The van der Waals surface area contributed by atoms with Gasteiger partial charge in [-0.25, -0.2) is 18.4 Å². The summed E-state index contributed by atoms with van der Waals surface area (Å²) in [4.78, 5) is 11.4. The first-order chi connectivity index (χ1) is 18.5. The van der Waals surface area contributed by atoms with Crippen LogP contribution in [0.3, 0.4) is 0 Å². The molecule has 0 bridgehead atoms. The van der Waals surface area contributed by atoms with Crippen molar-refractivity contribution in [2.45, 2.75) is 11.3 Å². The van der Waals surface area contributed by atoms with Crippen molar-refractivity contribution in [3.05, 3.63) is 96.7 Å². The van der Waals surface area contributed by atoms with E-state index in [4.69, 9.17) is 0 Å². The van der Waals surface area contributed by atoms with E-state index in [1.165, 1.54) is 5.56 Å². The Balaban J connectivity index is 1.20. The molecule has 1 fully saturated rings. The van der Waals surface area contributed by atoms with Crippen molar-refractivity contribution in [1.29, 1.82) is 0 Å². The molecule has 1 aromatic heterocycles. The molecule has 196 valence electrons. The summed E-state index contributed by atoms with van der Waals surface area (Å²) in [6.07, 6.45) is 2.68. The fourth-order valence-corrected chi connectivity index (χ4v) is 5.77. The third kappa shape index (κ3) is 6.36. The van der Waals surface area contributed by atoms with Gasteiger partial charge >= 0.3 is 0 Å². The average Bonchev–Trinajstić information content (AvgIpc) is 2.95. The maximum Gasteiger partial charge on any atom is 0.243 e. The van der Waals surface area contributed by atoms with Crippen molar-refractivity contribution in [3.63, 3.8) is 0 Å². The van der Waals surface area contributed by atoms with Crippen molar-refractivity contribution in [3.8, 4) is 11.3 Å². The quantitative estimate of drug-likeness (QED) is 0.331. The Labute approximate surface area is 224 Å². The van der Waals surface area contributed by atoms with Gasteiger partial charge in [-0.2, -0.15) is 4.31 Å². The highest BCUT2D eigenvalue weighted by molar-refractivity contribution is 7.89. The van der Waals surface area contributed by atoms with E-state index in [2.05, 4.69) is 61.9 Å². The molecule has 3 aromatic carbocycles. The highest BCUT2D eigenvalue weighted by atomic mass is 32.2. The van der Waals surface area contributed by atoms with Crippen LogP contribution in [0.1, 0.15) is 5.56 Å². The zero-order valence-electron chi connectivity index (χ0n) is 21.4. The summed E-state index contributed by atoms with van der Waals surface area (Å²) in [7, 11) is -1.50. The molecule has 8 nitrogen and oxygen atoms in total. The average molecular weight is 529 g/mol. The third-order valence-corrected chi connectivity index (χ3v) is 8.55. The Kier molecular flexibility index (Phi) is 7.97. The van der Waals surface area contributed by atoms with E-state index in [1.807, 2.05) is 31.3 Å². The number of likely N-dealkylation sites (N-methyl/N-ethyl adjacent to an activating group) is 1. The molecule has 2 heterocycles. The minimum Gasteiger partial charge on any atom is -0.385 e. The van der Waals surface area contributed by atoms with E-state index in [-0.39, 0.29) is 0 Å². The number of hydrogen-bond acceptors (Lipinski definition) is 7.